The van der Waals surface area contributed by atoms with Gasteiger partial charge in [-0.1, -0.05) is 0 Å². The Morgan fingerprint density at radius 1 is 1.42 bits per heavy atom. The summed E-state index contributed by atoms with van der Waals surface area (Å²) in [7, 11) is 0. The van der Waals surface area contributed by atoms with Crippen LogP contribution < -0.4 is 0 Å². The quantitative estimate of drug-likeness (QED) is 0.718. The average Bonchev–Trinajstić information content (AvgIpc) is 2.30. The first-order chi connectivity index (χ1) is 5.43. The maximum Gasteiger partial charge on any atom is 0.420 e. The minimum atomic E-state index is -4.68. The van der Waals surface area contributed by atoms with Gasteiger partial charge in [-0.05, 0) is 0 Å². The van der Waals surface area contributed by atoms with E-state index in [0.29, 0.717) is 12.5 Å². The first-order valence-corrected chi connectivity index (χ1v) is 2.79. The van der Waals surface area contributed by atoms with Crippen LogP contribution in [0.15, 0.2) is 16.9 Å². The Labute approximate surface area is 64.4 Å². The van der Waals surface area contributed by atoms with Gasteiger partial charge >= 0.3 is 12.1 Å². The lowest BCUT2D eigenvalue weighted by Gasteiger charge is -2.02. The van der Waals surface area contributed by atoms with Crippen LogP contribution in [-0.4, -0.2) is 11.1 Å². The van der Waals surface area contributed by atoms with Gasteiger partial charge in [0.05, 0.1) is 0 Å². The minimum Gasteiger partial charge on any atom is -0.478 e. The molecule has 0 radical (unpaired) electrons. The summed E-state index contributed by atoms with van der Waals surface area (Å²) in [6.45, 7) is 0. The second-order valence-corrected chi connectivity index (χ2v) is 2.00. The molecule has 0 aliphatic carbocycles. The molecular weight excluding hydrogens is 177 g/mol. The van der Waals surface area contributed by atoms with Crippen molar-refractivity contribution in [2.75, 3.05) is 0 Å². The SMILES string of the molecule is O=C(O)c1cocc1C(F)(F)F. The maximum absolute atomic E-state index is 11.9. The lowest BCUT2D eigenvalue weighted by Crippen LogP contribution is -2.09. The predicted octanol–water partition coefficient (Wildman–Crippen LogP) is 2.00. The van der Waals surface area contributed by atoms with Crippen LogP contribution in [0.25, 0.3) is 0 Å². The highest BCUT2D eigenvalue weighted by Gasteiger charge is 2.37. The fourth-order valence-electron chi connectivity index (χ4n) is 0.682. The van der Waals surface area contributed by atoms with E-state index < -0.39 is 23.3 Å². The van der Waals surface area contributed by atoms with E-state index in [2.05, 4.69) is 4.42 Å². The molecule has 0 aromatic carbocycles. The van der Waals surface area contributed by atoms with E-state index in [1.54, 1.807) is 0 Å². The molecule has 0 spiro atoms. The normalized spacial score (nSPS) is 11.6. The molecule has 1 rings (SSSR count). The van der Waals surface area contributed by atoms with Crippen LogP contribution in [0.4, 0.5) is 13.2 Å². The summed E-state index contributed by atoms with van der Waals surface area (Å²) in [6, 6.07) is 0. The Kier molecular flexibility index (Phi) is 1.83. The Morgan fingerprint density at radius 3 is 2.33 bits per heavy atom. The van der Waals surface area contributed by atoms with Gasteiger partial charge in [0.1, 0.15) is 23.7 Å². The predicted molar refractivity (Wildman–Crippen MR) is 30.7 cm³/mol. The zero-order valence-electron chi connectivity index (χ0n) is 5.55. The third kappa shape index (κ3) is 1.41. The molecule has 1 aromatic rings. The number of hydrogen-bond acceptors (Lipinski definition) is 2. The molecule has 0 fully saturated rings. The molecular formula is C6H3F3O3. The summed E-state index contributed by atoms with van der Waals surface area (Å²) in [4.78, 5) is 10.2. The van der Waals surface area contributed by atoms with Crippen LogP contribution in [-0.2, 0) is 6.18 Å². The van der Waals surface area contributed by atoms with E-state index in [9.17, 15) is 18.0 Å². The highest BCUT2D eigenvalue weighted by molar-refractivity contribution is 5.89. The van der Waals surface area contributed by atoms with Crippen molar-refractivity contribution >= 4 is 5.97 Å². The lowest BCUT2D eigenvalue weighted by molar-refractivity contribution is -0.138. The molecule has 0 bridgehead atoms. The number of halogens is 3. The fourth-order valence-corrected chi connectivity index (χ4v) is 0.682. The average molecular weight is 180 g/mol. The number of carboxylic acids is 1. The van der Waals surface area contributed by atoms with Gasteiger partial charge < -0.3 is 9.52 Å². The zero-order valence-corrected chi connectivity index (χ0v) is 5.55. The van der Waals surface area contributed by atoms with Gasteiger partial charge in [0.25, 0.3) is 0 Å². The minimum absolute atomic E-state index is 0.365. The van der Waals surface area contributed by atoms with Crippen molar-refractivity contribution in [1.82, 2.24) is 0 Å². The van der Waals surface area contributed by atoms with Crippen molar-refractivity contribution in [1.29, 1.82) is 0 Å². The maximum atomic E-state index is 11.9. The highest BCUT2D eigenvalue weighted by Crippen LogP contribution is 2.32. The molecule has 0 aliphatic rings. The molecule has 0 unspecified atom stereocenters. The standard InChI is InChI=1S/C6H3F3O3/c7-6(8,9)4-2-12-1-3(4)5(10)11/h1-2H,(H,10,11). The Hall–Kier alpha value is -1.46. The summed E-state index contributed by atoms with van der Waals surface area (Å²) >= 11 is 0. The van der Waals surface area contributed by atoms with Crippen LogP contribution in [0.5, 0.6) is 0 Å². The molecule has 1 heterocycles. The van der Waals surface area contributed by atoms with Crippen molar-refractivity contribution < 1.29 is 27.5 Å². The van der Waals surface area contributed by atoms with Crippen LogP contribution in [0.2, 0.25) is 0 Å². The van der Waals surface area contributed by atoms with E-state index >= 15 is 0 Å². The molecule has 0 amide bonds. The first kappa shape index (κ1) is 8.63. The molecule has 0 saturated carbocycles. The van der Waals surface area contributed by atoms with Crippen molar-refractivity contribution in [3.63, 3.8) is 0 Å². The fraction of sp³-hybridized carbons (Fsp3) is 0.167. The van der Waals surface area contributed by atoms with Gasteiger partial charge in [0, 0.05) is 0 Å². The van der Waals surface area contributed by atoms with Gasteiger partial charge in [-0.25, -0.2) is 4.79 Å². The van der Waals surface area contributed by atoms with E-state index in [-0.39, 0.29) is 0 Å². The second-order valence-electron chi connectivity index (χ2n) is 2.00. The number of hydrogen-bond donors (Lipinski definition) is 1. The summed E-state index contributed by atoms with van der Waals surface area (Å²) < 4.78 is 39.9. The lowest BCUT2D eigenvalue weighted by atomic mass is 10.2. The largest absolute Gasteiger partial charge is 0.478 e. The topological polar surface area (TPSA) is 50.4 Å². The first-order valence-electron chi connectivity index (χ1n) is 2.79. The third-order valence-electron chi connectivity index (χ3n) is 1.20. The van der Waals surface area contributed by atoms with Gasteiger partial charge in [0.15, 0.2) is 0 Å². The number of carbonyl (C=O) groups is 1. The number of furan rings is 1. The summed E-state index contributed by atoms with van der Waals surface area (Å²) in [5.74, 6) is -1.66. The zero-order chi connectivity index (χ0) is 9.35. The Bertz CT molecular complexity index is 299. The van der Waals surface area contributed by atoms with Crippen molar-refractivity contribution in [3.8, 4) is 0 Å². The molecule has 3 nitrogen and oxygen atoms in total. The Balaban J connectivity index is 3.17. The van der Waals surface area contributed by atoms with E-state index in [1.807, 2.05) is 0 Å². The second kappa shape index (κ2) is 2.54. The number of rotatable bonds is 1. The van der Waals surface area contributed by atoms with E-state index in [1.165, 1.54) is 0 Å². The van der Waals surface area contributed by atoms with Gasteiger partial charge in [0.2, 0.25) is 0 Å². The number of aromatic carboxylic acids is 1. The van der Waals surface area contributed by atoms with Gasteiger partial charge in [-0.3, -0.25) is 0 Å². The molecule has 1 aromatic heterocycles. The van der Waals surface area contributed by atoms with Crippen LogP contribution in [0.1, 0.15) is 15.9 Å². The van der Waals surface area contributed by atoms with Crippen molar-refractivity contribution in [2.45, 2.75) is 6.18 Å². The summed E-state index contributed by atoms with van der Waals surface area (Å²) in [5, 5.41) is 8.26. The van der Waals surface area contributed by atoms with Crippen LogP contribution in [0.3, 0.4) is 0 Å². The molecule has 1 N–H and O–H groups in total. The molecule has 6 heteroatoms. The molecule has 0 saturated heterocycles. The third-order valence-corrected chi connectivity index (χ3v) is 1.20. The number of alkyl halides is 3. The summed E-state index contributed by atoms with van der Waals surface area (Å²) in [5.41, 5.74) is -2.14. The van der Waals surface area contributed by atoms with Gasteiger partial charge in [-0.15, -0.1) is 0 Å². The van der Waals surface area contributed by atoms with Crippen molar-refractivity contribution in [2.24, 2.45) is 0 Å². The number of carboxylic acid groups (broad SMARTS) is 1. The van der Waals surface area contributed by atoms with Crippen LogP contribution >= 0.6 is 0 Å². The summed E-state index contributed by atoms with van der Waals surface area (Å²) in [6.07, 6.45) is -3.77. The van der Waals surface area contributed by atoms with Gasteiger partial charge in [-0.2, -0.15) is 13.2 Å². The molecule has 12 heavy (non-hydrogen) atoms. The highest BCUT2D eigenvalue weighted by atomic mass is 19.4. The molecule has 0 aliphatic heterocycles. The van der Waals surface area contributed by atoms with E-state index in [0.717, 1.165) is 0 Å². The molecule has 66 valence electrons. The Morgan fingerprint density at radius 2 is 2.00 bits per heavy atom. The van der Waals surface area contributed by atoms with Crippen LogP contribution in [0, 0.1) is 0 Å². The molecule has 0 atom stereocenters. The smallest absolute Gasteiger partial charge is 0.420 e. The van der Waals surface area contributed by atoms with E-state index in [4.69, 9.17) is 5.11 Å². The monoisotopic (exact) mass is 180 g/mol. The van der Waals surface area contributed by atoms with Crippen molar-refractivity contribution in [3.05, 3.63) is 23.7 Å².